The molecule has 2 aromatic rings. The first-order valence-corrected chi connectivity index (χ1v) is 7.62. The van der Waals surface area contributed by atoms with Gasteiger partial charge in [-0.15, -0.1) is 0 Å². The molecule has 0 saturated heterocycles. The number of hydrogen-bond donors (Lipinski definition) is 2. The summed E-state index contributed by atoms with van der Waals surface area (Å²) in [4.78, 5) is 23.5. The average Bonchev–Trinajstić information content (AvgIpc) is 3.00. The Bertz CT molecular complexity index is 667. The number of amides is 2. The van der Waals surface area contributed by atoms with Gasteiger partial charge in [0, 0.05) is 19.5 Å². The molecule has 0 spiro atoms. The summed E-state index contributed by atoms with van der Waals surface area (Å²) in [6.45, 7) is 6.93. The molecule has 5 nitrogen and oxygen atoms in total. The maximum atomic E-state index is 11.9. The highest BCUT2D eigenvalue weighted by Gasteiger charge is 2.09. The maximum Gasteiger partial charge on any atom is 0.286 e. The van der Waals surface area contributed by atoms with Crippen LogP contribution in [0.1, 0.15) is 39.2 Å². The van der Waals surface area contributed by atoms with E-state index in [0.717, 1.165) is 5.56 Å². The molecule has 0 aliphatic rings. The Morgan fingerprint density at radius 1 is 1.09 bits per heavy atom. The first-order valence-electron chi connectivity index (χ1n) is 7.62. The second-order valence-corrected chi connectivity index (χ2v) is 5.64. The summed E-state index contributed by atoms with van der Waals surface area (Å²) in [5.74, 6) is -0.159. The lowest BCUT2D eigenvalue weighted by Crippen LogP contribution is -2.30. The standard InChI is InChI=1S/C18H22N2O3/c1-12-9-13(2)15(14(3)10-12)11-20-17(21)6-7-19-18(22)16-5-4-8-23-16/h4-5,8-10H,6-7,11H2,1-3H3,(H,19,22)(H,20,21). The van der Waals surface area contributed by atoms with E-state index in [4.69, 9.17) is 4.42 Å². The van der Waals surface area contributed by atoms with Gasteiger partial charge in [-0.3, -0.25) is 9.59 Å². The third-order valence-corrected chi connectivity index (χ3v) is 3.69. The minimum atomic E-state index is -0.312. The van der Waals surface area contributed by atoms with Crippen molar-refractivity contribution in [3.63, 3.8) is 0 Å². The van der Waals surface area contributed by atoms with Gasteiger partial charge in [0.05, 0.1) is 6.26 Å². The van der Waals surface area contributed by atoms with Crippen LogP contribution >= 0.6 is 0 Å². The molecule has 0 fully saturated rings. The number of nitrogens with one attached hydrogen (secondary N) is 2. The van der Waals surface area contributed by atoms with E-state index < -0.39 is 0 Å². The lowest BCUT2D eigenvalue weighted by Gasteiger charge is -2.12. The molecule has 5 heteroatoms. The van der Waals surface area contributed by atoms with Gasteiger partial charge in [0.25, 0.3) is 5.91 Å². The van der Waals surface area contributed by atoms with E-state index in [2.05, 4.69) is 29.7 Å². The van der Waals surface area contributed by atoms with Crippen molar-refractivity contribution in [1.82, 2.24) is 10.6 Å². The number of furan rings is 1. The highest BCUT2D eigenvalue weighted by Crippen LogP contribution is 2.16. The Labute approximate surface area is 136 Å². The lowest BCUT2D eigenvalue weighted by molar-refractivity contribution is -0.121. The third kappa shape index (κ3) is 4.71. The van der Waals surface area contributed by atoms with Crippen LogP contribution in [-0.4, -0.2) is 18.4 Å². The van der Waals surface area contributed by atoms with Crippen LogP contribution in [0.15, 0.2) is 34.9 Å². The zero-order valence-electron chi connectivity index (χ0n) is 13.7. The van der Waals surface area contributed by atoms with Gasteiger partial charge in [-0.1, -0.05) is 17.7 Å². The number of aryl methyl sites for hydroxylation is 3. The maximum absolute atomic E-state index is 11.9. The smallest absolute Gasteiger partial charge is 0.286 e. The quantitative estimate of drug-likeness (QED) is 0.861. The highest BCUT2D eigenvalue weighted by molar-refractivity contribution is 5.91. The molecule has 0 atom stereocenters. The molecular weight excluding hydrogens is 292 g/mol. The van der Waals surface area contributed by atoms with Crippen molar-refractivity contribution in [2.45, 2.75) is 33.7 Å². The Hall–Kier alpha value is -2.56. The fourth-order valence-corrected chi connectivity index (χ4v) is 2.55. The van der Waals surface area contributed by atoms with E-state index in [0.29, 0.717) is 6.54 Å². The van der Waals surface area contributed by atoms with E-state index >= 15 is 0 Å². The first kappa shape index (κ1) is 16.8. The monoisotopic (exact) mass is 314 g/mol. The van der Waals surface area contributed by atoms with E-state index in [-0.39, 0.29) is 30.5 Å². The number of rotatable bonds is 6. The number of hydrogen-bond acceptors (Lipinski definition) is 3. The molecule has 2 rings (SSSR count). The molecule has 23 heavy (non-hydrogen) atoms. The second-order valence-electron chi connectivity index (χ2n) is 5.64. The summed E-state index contributed by atoms with van der Waals surface area (Å²) >= 11 is 0. The fourth-order valence-electron chi connectivity index (χ4n) is 2.55. The summed E-state index contributed by atoms with van der Waals surface area (Å²) in [6, 6.07) is 7.45. The van der Waals surface area contributed by atoms with Crippen molar-refractivity contribution in [3.8, 4) is 0 Å². The van der Waals surface area contributed by atoms with Crippen LogP contribution in [0.3, 0.4) is 0 Å². The van der Waals surface area contributed by atoms with E-state index in [9.17, 15) is 9.59 Å². The minimum Gasteiger partial charge on any atom is -0.459 e. The zero-order chi connectivity index (χ0) is 16.8. The van der Waals surface area contributed by atoms with Gasteiger partial charge < -0.3 is 15.1 Å². The largest absolute Gasteiger partial charge is 0.459 e. The second kappa shape index (κ2) is 7.63. The van der Waals surface area contributed by atoms with E-state index in [1.54, 1.807) is 12.1 Å². The summed E-state index contributed by atoms with van der Waals surface area (Å²) in [5, 5.41) is 5.55. The number of carbonyl (C=O) groups excluding carboxylic acids is 2. The summed E-state index contributed by atoms with van der Waals surface area (Å²) in [5.41, 5.74) is 4.71. The van der Waals surface area contributed by atoms with Crippen molar-refractivity contribution >= 4 is 11.8 Å². The Morgan fingerprint density at radius 2 is 1.78 bits per heavy atom. The molecule has 1 aromatic heterocycles. The lowest BCUT2D eigenvalue weighted by atomic mass is 10.00. The van der Waals surface area contributed by atoms with Crippen molar-refractivity contribution in [2.24, 2.45) is 0 Å². The molecule has 0 radical (unpaired) electrons. The predicted octanol–water partition coefficient (Wildman–Crippen LogP) is 2.64. The van der Waals surface area contributed by atoms with Crippen molar-refractivity contribution < 1.29 is 14.0 Å². The van der Waals surface area contributed by atoms with Crippen LogP contribution in [0.2, 0.25) is 0 Å². The van der Waals surface area contributed by atoms with Crippen molar-refractivity contribution in [3.05, 3.63) is 58.5 Å². The number of carbonyl (C=O) groups is 2. The van der Waals surface area contributed by atoms with Gasteiger partial charge >= 0.3 is 0 Å². The zero-order valence-corrected chi connectivity index (χ0v) is 13.7. The molecule has 122 valence electrons. The SMILES string of the molecule is Cc1cc(C)c(CNC(=O)CCNC(=O)c2ccco2)c(C)c1. The Kier molecular flexibility index (Phi) is 5.57. The van der Waals surface area contributed by atoms with Gasteiger partial charge in [-0.25, -0.2) is 0 Å². The normalized spacial score (nSPS) is 10.4. The molecule has 0 aliphatic heterocycles. The van der Waals surface area contributed by atoms with Crippen molar-refractivity contribution in [1.29, 1.82) is 0 Å². The molecule has 0 aliphatic carbocycles. The summed E-state index contributed by atoms with van der Waals surface area (Å²) in [6.07, 6.45) is 1.67. The van der Waals surface area contributed by atoms with Crippen LogP contribution in [0, 0.1) is 20.8 Å². The van der Waals surface area contributed by atoms with Gasteiger partial charge in [0.15, 0.2) is 5.76 Å². The van der Waals surface area contributed by atoms with E-state index in [1.165, 1.54) is 23.0 Å². The molecule has 0 unspecified atom stereocenters. The van der Waals surface area contributed by atoms with Crippen LogP contribution in [-0.2, 0) is 11.3 Å². The van der Waals surface area contributed by atoms with Gasteiger partial charge in [0.1, 0.15) is 0 Å². The Morgan fingerprint density at radius 3 is 2.39 bits per heavy atom. The molecule has 1 aromatic carbocycles. The van der Waals surface area contributed by atoms with Crippen LogP contribution in [0.4, 0.5) is 0 Å². The topological polar surface area (TPSA) is 71.3 Å². The number of benzene rings is 1. The molecule has 0 saturated carbocycles. The van der Waals surface area contributed by atoms with Gasteiger partial charge in [0.2, 0.25) is 5.91 Å². The average molecular weight is 314 g/mol. The third-order valence-electron chi connectivity index (χ3n) is 3.69. The first-order chi connectivity index (χ1) is 11.0. The summed E-state index contributed by atoms with van der Waals surface area (Å²) < 4.78 is 4.98. The van der Waals surface area contributed by atoms with Gasteiger partial charge in [-0.05, 0) is 49.6 Å². The minimum absolute atomic E-state index is 0.0934. The molecule has 2 N–H and O–H groups in total. The Balaban J connectivity index is 1.76. The fraction of sp³-hybridized carbons (Fsp3) is 0.333. The van der Waals surface area contributed by atoms with Crippen molar-refractivity contribution in [2.75, 3.05) is 6.54 Å². The van der Waals surface area contributed by atoms with Crippen LogP contribution in [0.25, 0.3) is 0 Å². The molecule has 1 heterocycles. The molecule has 2 amide bonds. The highest BCUT2D eigenvalue weighted by atomic mass is 16.3. The van der Waals surface area contributed by atoms with Gasteiger partial charge in [-0.2, -0.15) is 0 Å². The van der Waals surface area contributed by atoms with Crippen LogP contribution in [0.5, 0.6) is 0 Å². The van der Waals surface area contributed by atoms with Crippen LogP contribution < -0.4 is 10.6 Å². The predicted molar refractivity (Wildman–Crippen MR) is 88.2 cm³/mol. The molecule has 0 bridgehead atoms. The van der Waals surface area contributed by atoms with E-state index in [1.807, 2.05) is 13.8 Å². The molecular formula is C18H22N2O3. The summed E-state index contributed by atoms with van der Waals surface area (Å²) in [7, 11) is 0.